The number of rotatable bonds is 4. The minimum atomic E-state index is -0.635. The molecule has 1 N–H and O–H groups in total. The molecule has 26 heavy (non-hydrogen) atoms. The fourth-order valence-corrected chi connectivity index (χ4v) is 6.11. The van der Waals surface area contributed by atoms with Crippen LogP contribution >= 0.6 is 0 Å². The van der Waals surface area contributed by atoms with Crippen molar-refractivity contribution in [3.8, 4) is 6.07 Å². The molecule has 4 fully saturated rings. The Bertz CT molecular complexity index is 766. The van der Waals surface area contributed by atoms with Gasteiger partial charge in [0.05, 0.1) is 7.11 Å². The van der Waals surface area contributed by atoms with Gasteiger partial charge >= 0.3 is 5.97 Å². The lowest BCUT2D eigenvalue weighted by Gasteiger charge is -2.56. The van der Waals surface area contributed by atoms with Gasteiger partial charge in [0.15, 0.2) is 0 Å². The Hall–Kier alpha value is -2.29. The van der Waals surface area contributed by atoms with Gasteiger partial charge in [0, 0.05) is 6.42 Å². The molecule has 1 heterocycles. The average molecular weight is 356 g/mol. The normalized spacial score (nSPS) is 31.5. The lowest BCUT2D eigenvalue weighted by Crippen LogP contribution is -2.47. The molecule has 0 atom stereocenters. The molecule has 5 rings (SSSR count). The number of amides is 1. The first kappa shape index (κ1) is 17.1. The van der Waals surface area contributed by atoms with Crippen LogP contribution in [0.4, 0.5) is 5.88 Å². The monoisotopic (exact) mass is 356 g/mol. The zero-order valence-corrected chi connectivity index (χ0v) is 15.3. The Morgan fingerprint density at radius 1 is 1.23 bits per heavy atom. The molecule has 4 aliphatic carbocycles. The molecule has 0 aliphatic heterocycles. The van der Waals surface area contributed by atoms with Crippen LogP contribution in [0.1, 0.15) is 66.6 Å². The maximum atomic E-state index is 12.7. The number of nitriles is 1. The third kappa shape index (κ3) is 2.80. The lowest BCUT2D eigenvalue weighted by molar-refractivity contribution is -0.124. The molecular formula is C20H24N2O4. The van der Waals surface area contributed by atoms with Gasteiger partial charge in [-0.3, -0.25) is 10.1 Å². The second-order valence-corrected chi connectivity index (χ2v) is 8.48. The molecule has 0 spiro atoms. The maximum absolute atomic E-state index is 12.7. The van der Waals surface area contributed by atoms with Gasteiger partial charge in [0.2, 0.25) is 11.8 Å². The van der Waals surface area contributed by atoms with Crippen LogP contribution in [0.25, 0.3) is 0 Å². The predicted octanol–water partition coefficient (Wildman–Crippen LogP) is 3.79. The van der Waals surface area contributed by atoms with E-state index in [4.69, 9.17) is 9.15 Å². The van der Waals surface area contributed by atoms with Gasteiger partial charge in [-0.1, -0.05) is 0 Å². The Morgan fingerprint density at radius 2 is 1.81 bits per heavy atom. The van der Waals surface area contributed by atoms with Crippen LogP contribution in [0.5, 0.6) is 0 Å². The number of carbonyl (C=O) groups is 2. The number of esters is 1. The van der Waals surface area contributed by atoms with E-state index >= 15 is 0 Å². The number of aryl methyl sites for hydroxylation is 1. The van der Waals surface area contributed by atoms with E-state index in [0.29, 0.717) is 6.42 Å². The van der Waals surface area contributed by atoms with Gasteiger partial charge in [0.1, 0.15) is 23.0 Å². The molecule has 6 nitrogen and oxygen atoms in total. The highest BCUT2D eigenvalue weighted by Gasteiger charge is 2.51. The van der Waals surface area contributed by atoms with E-state index in [1.54, 1.807) is 6.92 Å². The summed E-state index contributed by atoms with van der Waals surface area (Å²) in [6, 6.07) is 1.96. The van der Waals surface area contributed by atoms with Gasteiger partial charge in [-0.05, 0) is 68.6 Å². The zero-order valence-electron chi connectivity index (χ0n) is 15.3. The van der Waals surface area contributed by atoms with E-state index in [2.05, 4.69) is 5.32 Å². The van der Waals surface area contributed by atoms with E-state index in [1.807, 2.05) is 6.07 Å². The number of methoxy groups -OCH3 is 1. The number of hydrogen-bond acceptors (Lipinski definition) is 5. The van der Waals surface area contributed by atoms with Crippen LogP contribution in [0.15, 0.2) is 4.42 Å². The van der Waals surface area contributed by atoms with Crippen molar-refractivity contribution >= 4 is 17.8 Å². The van der Waals surface area contributed by atoms with Crippen LogP contribution in [0.2, 0.25) is 0 Å². The highest BCUT2D eigenvalue weighted by molar-refractivity contribution is 5.98. The number of hydrogen-bond donors (Lipinski definition) is 1. The minimum Gasteiger partial charge on any atom is -0.465 e. The van der Waals surface area contributed by atoms with Gasteiger partial charge in [-0.2, -0.15) is 5.26 Å². The van der Waals surface area contributed by atoms with E-state index in [1.165, 1.54) is 26.4 Å². The molecule has 0 radical (unpaired) electrons. The summed E-state index contributed by atoms with van der Waals surface area (Å²) in [5, 5.41) is 12.1. The first-order valence-corrected chi connectivity index (χ1v) is 9.34. The van der Waals surface area contributed by atoms with Gasteiger partial charge in [-0.15, -0.1) is 0 Å². The van der Waals surface area contributed by atoms with Crippen molar-refractivity contribution in [1.29, 1.82) is 5.26 Å². The van der Waals surface area contributed by atoms with Gasteiger partial charge in [0.25, 0.3) is 0 Å². The summed E-state index contributed by atoms with van der Waals surface area (Å²) < 4.78 is 10.2. The maximum Gasteiger partial charge on any atom is 0.342 e. The Morgan fingerprint density at radius 3 is 2.31 bits per heavy atom. The standard InChI is InChI=1S/C20H24N2O4/c1-11-17(19(24)25-2)15(10-21)18(26-11)22-16(23)9-20-6-12-3-13(7-20)5-14(4-12)8-20/h12-14H,3-9H2,1-2H3,(H,22,23). The third-order valence-electron chi connectivity index (χ3n) is 6.54. The zero-order chi connectivity index (χ0) is 18.5. The number of nitrogens with one attached hydrogen (secondary N) is 1. The summed E-state index contributed by atoms with van der Waals surface area (Å²) in [5.41, 5.74) is 0.228. The predicted molar refractivity (Wildman–Crippen MR) is 93.4 cm³/mol. The number of nitrogens with zero attached hydrogens (tertiary/aromatic N) is 1. The molecule has 1 amide bonds. The summed E-state index contributed by atoms with van der Waals surface area (Å²) in [7, 11) is 1.25. The minimum absolute atomic E-state index is 0.0354. The summed E-state index contributed by atoms with van der Waals surface area (Å²) >= 11 is 0. The largest absolute Gasteiger partial charge is 0.465 e. The Balaban J connectivity index is 1.51. The summed E-state index contributed by atoms with van der Waals surface area (Å²) in [5.74, 6) is 1.90. The van der Waals surface area contributed by atoms with E-state index < -0.39 is 5.97 Å². The first-order valence-electron chi connectivity index (χ1n) is 9.34. The van der Waals surface area contributed by atoms with E-state index in [0.717, 1.165) is 37.0 Å². The van der Waals surface area contributed by atoms with Crippen molar-refractivity contribution in [1.82, 2.24) is 0 Å². The van der Waals surface area contributed by atoms with E-state index in [-0.39, 0.29) is 34.1 Å². The quantitative estimate of drug-likeness (QED) is 0.829. The molecule has 6 heteroatoms. The Labute approximate surface area is 152 Å². The first-order chi connectivity index (χ1) is 12.4. The Kier molecular flexibility index (Phi) is 4.06. The molecule has 4 bridgehead atoms. The average Bonchev–Trinajstić information content (AvgIpc) is 2.87. The number of anilines is 1. The van der Waals surface area contributed by atoms with Gasteiger partial charge < -0.3 is 9.15 Å². The topological polar surface area (TPSA) is 92.3 Å². The highest BCUT2D eigenvalue weighted by Crippen LogP contribution is 2.61. The molecule has 1 aromatic heterocycles. The summed E-state index contributed by atoms with van der Waals surface area (Å²) in [4.78, 5) is 24.6. The van der Waals surface area contributed by atoms with Crippen molar-refractivity contribution in [3.63, 3.8) is 0 Å². The molecule has 1 aromatic rings. The smallest absolute Gasteiger partial charge is 0.342 e. The van der Waals surface area contributed by atoms with Crippen LogP contribution in [0, 0.1) is 41.4 Å². The molecule has 0 unspecified atom stereocenters. The molecule has 0 saturated heterocycles. The number of furan rings is 1. The SMILES string of the molecule is COC(=O)c1c(C)oc(NC(=O)CC23CC4CC(CC(C4)C2)C3)c1C#N. The summed E-state index contributed by atoms with van der Waals surface area (Å²) in [6.07, 6.45) is 7.89. The van der Waals surface area contributed by atoms with Crippen LogP contribution < -0.4 is 5.32 Å². The highest BCUT2D eigenvalue weighted by atomic mass is 16.5. The molecule has 4 saturated carbocycles. The van der Waals surface area contributed by atoms with Crippen molar-refractivity contribution < 1.29 is 18.7 Å². The molecule has 138 valence electrons. The van der Waals surface area contributed by atoms with Crippen molar-refractivity contribution in [2.24, 2.45) is 23.2 Å². The lowest BCUT2D eigenvalue weighted by atomic mass is 9.49. The second-order valence-electron chi connectivity index (χ2n) is 8.48. The number of carbonyl (C=O) groups excluding carboxylic acids is 2. The fraction of sp³-hybridized carbons (Fsp3) is 0.650. The van der Waals surface area contributed by atoms with Gasteiger partial charge in [-0.25, -0.2) is 4.79 Å². The van der Waals surface area contributed by atoms with Crippen molar-refractivity contribution in [2.75, 3.05) is 12.4 Å². The second kappa shape index (κ2) is 6.15. The van der Waals surface area contributed by atoms with E-state index in [9.17, 15) is 14.9 Å². The fourth-order valence-electron chi connectivity index (χ4n) is 6.11. The summed E-state index contributed by atoms with van der Waals surface area (Å²) in [6.45, 7) is 1.59. The van der Waals surface area contributed by atoms with Crippen molar-refractivity contribution in [3.05, 3.63) is 16.9 Å². The van der Waals surface area contributed by atoms with Crippen LogP contribution in [-0.2, 0) is 9.53 Å². The van der Waals surface area contributed by atoms with Crippen molar-refractivity contribution in [2.45, 2.75) is 51.9 Å². The third-order valence-corrected chi connectivity index (χ3v) is 6.54. The van der Waals surface area contributed by atoms with Crippen LogP contribution in [-0.4, -0.2) is 19.0 Å². The molecule has 4 aliphatic rings. The molecular weight excluding hydrogens is 332 g/mol. The molecule has 0 aromatic carbocycles. The van der Waals surface area contributed by atoms with Crippen LogP contribution in [0.3, 0.4) is 0 Å². The number of ether oxygens (including phenoxy) is 1.